The predicted octanol–water partition coefficient (Wildman–Crippen LogP) is 4.35. The SMILES string of the molecule is CNc1nc(CCc2cc(C)ccc2C)c(Br)s1. The van der Waals surface area contributed by atoms with Gasteiger partial charge in [0.1, 0.15) is 0 Å². The minimum Gasteiger partial charge on any atom is -0.365 e. The number of anilines is 1. The zero-order valence-electron chi connectivity index (χ0n) is 10.9. The Morgan fingerprint density at radius 3 is 2.72 bits per heavy atom. The van der Waals surface area contributed by atoms with Crippen molar-refractivity contribution in [1.29, 1.82) is 0 Å². The zero-order valence-corrected chi connectivity index (χ0v) is 13.3. The fourth-order valence-electron chi connectivity index (χ4n) is 1.92. The van der Waals surface area contributed by atoms with E-state index in [9.17, 15) is 0 Å². The van der Waals surface area contributed by atoms with Gasteiger partial charge < -0.3 is 5.32 Å². The highest BCUT2D eigenvalue weighted by molar-refractivity contribution is 9.11. The molecule has 0 aliphatic rings. The van der Waals surface area contributed by atoms with E-state index in [4.69, 9.17) is 0 Å². The van der Waals surface area contributed by atoms with Crippen LogP contribution in [0.2, 0.25) is 0 Å². The standard InChI is InChI=1S/C14H17BrN2S/c1-9-4-5-10(2)11(8-9)6-7-12-13(15)18-14(16-3)17-12/h4-5,8H,6-7H2,1-3H3,(H,16,17). The first kappa shape index (κ1) is 13.6. The van der Waals surface area contributed by atoms with Crippen LogP contribution in [0.1, 0.15) is 22.4 Å². The first-order valence-corrected chi connectivity index (χ1v) is 7.60. The van der Waals surface area contributed by atoms with Crippen LogP contribution in [-0.2, 0) is 12.8 Å². The lowest BCUT2D eigenvalue weighted by atomic mass is 10.0. The number of nitrogens with zero attached hydrogens (tertiary/aromatic N) is 1. The van der Waals surface area contributed by atoms with Gasteiger partial charge in [0.25, 0.3) is 0 Å². The quantitative estimate of drug-likeness (QED) is 0.904. The summed E-state index contributed by atoms with van der Waals surface area (Å²) in [4.78, 5) is 4.56. The van der Waals surface area contributed by atoms with E-state index >= 15 is 0 Å². The minimum absolute atomic E-state index is 0.970. The molecule has 0 fully saturated rings. The van der Waals surface area contributed by atoms with Crippen LogP contribution in [0, 0.1) is 13.8 Å². The predicted molar refractivity (Wildman–Crippen MR) is 82.7 cm³/mol. The topological polar surface area (TPSA) is 24.9 Å². The highest BCUT2D eigenvalue weighted by atomic mass is 79.9. The Labute approximate surface area is 121 Å². The molecule has 0 spiro atoms. The number of hydrogen-bond donors (Lipinski definition) is 1. The smallest absolute Gasteiger partial charge is 0.183 e. The Bertz CT molecular complexity index is 549. The largest absolute Gasteiger partial charge is 0.365 e. The van der Waals surface area contributed by atoms with Crippen LogP contribution in [0.25, 0.3) is 0 Å². The maximum Gasteiger partial charge on any atom is 0.183 e. The molecule has 0 amide bonds. The lowest BCUT2D eigenvalue weighted by Gasteiger charge is -2.06. The van der Waals surface area contributed by atoms with Crippen LogP contribution >= 0.6 is 27.3 Å². The van der Waals surface area contributed by atoms with Crippen LogP contribution < -0.4 is 5.32 Å². The second-order valence-corrected chi connectivity index (χ2v) is 6.74. The van der Waals surface area contributed by atoms with E-state index in [0.29, 0.717) is 0 Å². The molecule has 2 aromatic rings. The maximum atomic E-state index is 4.56. The molecule has 4 heteroatoms. The molecule has 0 bridgehead atoms. The fraction of sp³-hybridized carbons (Fsp3) is 0.357. The van der Waals surface area contributed by atoms with E-state index < -0.39 is 0 Å². The number of hydrogen-bond acceptors (Lipinski definition) is 3. The first-order chi connectivity index (χ1) is 8.60. The molecule has 0 unspecified atom stereocenters. The minimum atomic E-state index is 0.970. The molecule has 1 aromatic heterocycles. The highest BCUT2D eigenvalue weighted by Crippen LogP contribution is 2.29. The number of halogens is 1. The van der Waals surface area contributed by atoms with Gasteiger partial charge in [-0.3, -0.25) is 0 Å². The summed E-state index contributed by atoms with van der Waals surface area (Å²) in [6, 6.07) is 6.63. The summed E-state index contributed by atoms with van der Waals surface area (Å²) in [5.41, 5.74) is 5.25. The van der Waals surface area contributed by atoms with E-state index in [1.54, 1.807) is 11.3 Å². The molecule has 0 radical (unpaired) electrons. The Morgan fingerprint density at radius 2 is 2.06 bits per heavy atom. The number of benzene rings is 1. The van der Waals surface area contributed by atoms with Crippen LogP contribution in [0.5, 0.6) is 0 Å². The van der Waals surface area contributed by atoms with E-state index in [1.165, 1.54) is 16.7 Å². The first-order valence-electron chi connectivity index (χ1n) is 5.99. The maximum absolute atomic E-state index is 4.56. The van der Waals surface area contributed by atoms with Crippen LogP contribution in [0.3, 0.4) is 0 Å². The fourth-order valence-corrected chi connectivity index (χ4v) is 3.36. The summed E-state index contributed by atoms with van der Waals surface area (Å²) in [6.45, 7) is 4.31. The average Bonchev–Trinajstić information content (AvgIpc) is 2.71. The van der Waals surface area contributed by atoms with Gasteiger partial charge in [-0.25, -0.2) is 4.98 Å². The zero-order chi connectivity index (χ0) is 13.1. The van der Waals surface area contributed by atoms with Gasteiger partial charge in [0.15, 0.2) is 5.13 Å². The Morgan fingerprint density at radius 1 is 1.28 bits per heavy atom. The Balaban J connectivity index is 2.11. The molecule has 0 aliphatic carbocycles. The number of nitrogens with one attached hydrogen (secondary N) is 1. The molecule has 0 atom stereocenters. The van der Waals surface area contributed by atoms with Crippen molar-refractivity contribution >= 4 is 32.4 Å². The van der Waals surface area contributed by atoms with Crippen LogP contribution in [-0.4, -0.2) is 12.0 Å². The summed E-state index contributed by atoms with van der Waals surface area (Å²) in [5, 5.41) is 4.05. The van der Waals surface area contributed by atoms with Gasteiger partial charge in [0, 0.05) is 7.05 Å². The molecule has 2 rings (SSSR count). The summed E-state index contributed by atoms with van der Waals surface area (Å²) >= 11 is 5.23. The van der Waals surface area contributed by atoms with E-state index in [2.05, 4.69) is 58.3 Å². The van der Waals surface area contributed by atoms with E-state index in [1.807, 2.05) is 7.05 Å². The molecule has 18 heavy (non-hydrogen) atoms. The highest BCUT2D eigenvalue weighted by Gasteiger charge is 2.08. The second-order valence-electron chi connectivity index (χ2n) is 4.42. The second kappa shape index (κ2) is 5.85. The van der Waals surface area contributed by atoms with Crippen molar-refractivity contribution in [1.82, 2.24) is 4.98 Å². The summed E-state index contributed by atoms with van der Waals surface area (Å²) < 4.78 is 1.14. The van der Waals surface area contributed by atoms with E-state index in [-0.39, 0.29) is 0 Å². The van der Waals surface area contributed by atoms with Crippen molar-refractivity contribution in [2.24, 2.45) is 0 Å². The number of aryl methyl sites for hydroxylation is 4. The average molecular weight is 325 g/mol. The third kappa shape index (κ3) is 3.12. The van der Waals surface area contributed by atoms with Gasteiger partial charge in [-0.2, -0.15) is 0 Å². The summed E-state index contributed by atoms with van der Waals surface area (Å²) in [6.07, 6.45) is 2.02. The molecule has 1 N–H and O–H groups in total. The lowest BCUT2D eigenvalue weighted by Crippen LogP contribution is -1.96. The van der Waals surface area contributed by atoms with Gasteiger partial charge in [-0.1, -0.05) is 35.1 Å². The van der Waals surface area contributed by atoms with E-state index in [0.717, 1.165) is 27.5 Å². The number of thiazole rings is 1. The molecule has 0 saturated carbocycles. The molecule has 2 nitrogen and oxygen atoms in total. The molecular weight excluding hydrogens is 308 g/mol. The van der Waals surface area contributed by atoms with Gasteiger partial charge in [0.2, 0.25) is 0 Å². The third-order valence-electron chi connectivity index (χ3n) is 3.00. The van der Waals surface area contributed by atoms with Crippen molar-refractivity contribution < 1.29 is 0 Å². The summed E-state index contributed by atoms with van der Waals surface area (Å²) in [5.74, 6) is 0. The number of rotatable bonds is 4. The molecule has 1 heterocycles. The van der Waals surface area contributed by atoms with Gasteiger partial charge in [-0.05, 0) is 53.7 Å². The van der Waals surface area contributed by atoms with Gasteiger partial charge in [-0.15, -0.1) is 0 Å². The normalized spacial score (nSPS) is 10.7. The van der Waals surface area contributed by atoms with Crippen molar-refractivity contribution in [3.63, 3.8) is 0 Å². The summed E-state index contributed by atoms with van der Waals surface area (Å²) in [7, 11) is 1.90. The van der Waals surface area contributed by atoms with Crippen molar-refractivity contribution in [2.45, 2.75) is 26.7 Å². The van der Waals surface area contributed by atoms with Crippen molar-refractivity contribution in [2.75, 3.05) is 12.4 Å². The lowest BCUT2D eigenvalue weighted by molar-refractivity contribution is 0.911. The monoisotopic (exact) mass is 324 g/mol. The third-order valence-corrected chi connectivity index (χ3v) is 4.85. The molecule has 96 valence electrons. The Hall–Kier alpha value is -0.870. The van der Waals surface area contributed by atoms with Crippen molar-refractivity contribution in [3.8, 4) is 0 Å². The van der Waals surface area contributed by atoms with Crippen LogP contribution in [0.4, 0.5) is 5.13 Å². The van der Waals surface area contributed by atoms with Gasteiger partial charge in [0.05, 0.1) is 9.48 Å². The molecular formula is C14H17BrN2S. The Kier molecular flexibility index (Phi) is 4.40. The van der Waals surface area contributed by atoms with Crippen LogP contribution in [0.15, 0.2) is 22.0 Å². The van der Waals surface area contributed by atoms with Gasteiger partial charge >= 0.3 is 0 Å². The molecule has 0 saturated heterocycles. The molecule has 1 aromatic carbocycles. The van der Waals surface area contributed by atoms with Crippen molar-refractivity contribution in [3.05, 3.63) is 44.4 Å². The molecule has 0 aliphatic heterocycles. The number of aromatic nitrogens is 1.